The predicted octanol–water partition coefficient (Wildman–Crippen LogP) is 1.89. The molecule has 1 heterocycles. The summed E-state index contributed by atoms with van der Waals surface area (Å²) in [5.41, 5.74) is 1.27. The van der Waals surface area contributed by atoms with E-state index in [2.05, 4.69) is 29.3 Å². The third kappa shape index (κ3) is 3.39. The van der Waals surface area contributed by atoms with Gasteiger partial charge in [-0.1, -0.05) is 13.0 Å². The van der Waals surface area contributed by atoms with Crippen LogP contribution in [0.4, 0.5) is 0 Å². The Labute approximate surface area is 115 Å². The summed E-state index contributed by atoms with van der Waals surface area (Å²) in [7, 11) is 3.35. The molecule has 19 heavy (non-hydrogen) atoms. The normalized spacial score (nSPS) is 18.8. The van der Waals surface area contributed by atoms with Gasteiger partial charge in [0.1, 0.15) is 0 Å². The standard InChI is InChI=1S/C15H24N2O2/c1-4-17(13-7-8-16-10-13)11-12-5-6-14(18-2)15(9-12)19-3/h5-6,9,13,16H,4,7-8,10-11H2,1-3H3. The Morgan fingerprint density at radius 2 is 2.05 bits per heavy atom. The van der Waals surface area contributed by atoms with E-state index < -0.39 is 0 Å². The number of likely N-dealkylation sites (N-methyl/N-ethyl adjacent to an activating group) is 1. The van der Waals surface area contributed by atoms with Crippen LogP contribution < -0.4 is 14.8 Å². The van der Waals surface area contributed by atoms with Crippen LogP contribution in [0.5, 0.6) is 11.5 Å². The van der Waals surface area contributed by atoms with Crippen molar-refractivity contribution < 1.29 is 9.47 Å². The van der Waals surface area contributed by atoms with Crippen molar-refractivity contribution in [2.75, 3.05) is 33.9 Å². The third-order valence-electron chi connectivity index (χ3n) is 3.79. The number of nitrogens with zero attached hydrogens (tertiary/aromatic N) is 1. The van der Waals surface area contributed by atoms with Crippen molar-refractivity contribution in [3.8, 4) is 11.5 Å². The van der Waals surface area contributed by atoms with Crippen molar-refractivity contribution in [3.63, 3.8) is 0 Å². The molecule has 2 rings (SSSR count). The molecule has 4 nitrogen and oxygen atoms in total. The molecule has 0 aliphatic carbocycles. The van der Waals surface area contributed by atoms with Gasteiger partial charge in [-0.05, 0) is 37.2 Å². The maximum atomic E-state index is 5.36. The quantitative estimate of drug-likeness (QED) is 0.850. The van der Waals surface area contributed by atoms with Crippen molar-refractivity contribution in [2.24, 2.45) is 0 Å². The third-order valence-corrected chi connectivity index (χ3v) is 3.79. The van der Waals surface area contributed by atoms with Gasteiger partial charge in [0, 0.05) is 19.1 Å². The van der Waals surface area contributed by atoms with Gasteiger partial charge >= 0.3 is 0 Å². The van der Waals surface area contributed by atoms with E-state index in [1.165, 1.54) is 12.0 Å². The van der Waals surface area contributed by atoms with Gasteiger partial charge in [-0.3, -0.25) is 4.90 Å². The topological polar surface area (TPSA) is 33.7 Å². The highest BCUT2D eigenvalue weighted by Gasteiger charge is 2.21. The molecule has 1 unspecified atom stereocenters. The predicted molar refractivity (Wildman–Crippen MR) is 76.9 cm³/mol. The minimum atomic E-state index is 0.651. The Hall–Kier alpha value is -1.26. The van der Waals surface area contributed by atoms with E-state index in [-0.39, 0.29) is 0 Å². The van der Waals surface area contributed by atoms with E-state index in [0.29, 0.717) is 6.04 Å². The molecule has 0 aromatic heterocycles. The summed E-state index contributed by atoms with van der Waals surface area (Å²) >= 11 is 0. The molecule has 1 saturated heterocycles. The number of nitrogens with one attached hydrogen (secondary N) is 1. The smallest absolute Gasteiger partial charge is 0.161 e. The number of methoxy groups -OCH3 is 2. The Bertz CT molecular complexity index is 403. The summed E-state index contributed by atoms with van der Waals surface area (Å²) in [6.07, 6.45) is 1.24. The van der Waals surface area contributed by atoms with Crippen molar-refractivity contribution in [1.82, 2.24) is 10.2 Å². The molecule has 1 aromatic rings. The minimum Gasteiger partial charge on any atom is -0.493 e. The van der Waals surface area contributed by atoms with E-state index >= 15 is 0 Å². The van der Waals surface area contributed by atoms with Crippen LogP contribution in [-0.4, -0.2) is 44.8 Å². The second-order valence-corrected chi connectivity index (χ2v) is 4.90. The molecule has 1 aromatic carbocycles. The Morgan fingerprint density at radius 1 is 1.26 bits per heavy atom. The summed E-state index contributed by atoms with van der Waals surface area (Å²) in [6.45, 7) is 6.48. The van der Waals surface area contributed by atoms with Gasteiger partial charge in [0.2, 0.25) is 0 Å². The largest absolute Gasteiger partial charge is 0.493 e. The molecule has 1 atom stereocenters. The van der Waals surface area contributed by atoms with Crippen LogP contribution in [0.25, 0.3) is 0 Å². The molecule has 1 N–H and O–H groups in total. The molecule has 106 valence electrons. The number of hydrogen-bond acceptors (Lipinski definition) is 4. The maximum Gasteiger partial charge on any atom is 0.161 e. The highest BCUT2D eigenvalue weighted by molar-refractivity contribution is 5.42. The lowest BCUT2D eigenvalue weighted by Crippen LogP contribution is -2.36. The Kier molecular flexibility index (Phi) is 5.05. The van der Waals surface area contributed by atoms with Gasteiger partial charge < -0.3 is 14.8 Å². The Morgan fingerprint density at radius 3 is 2.63 bits per heavy atom. The van der Waals surface area contributed by atoms with Crippen LogP contribution >= 0.6 is 0 Å². The first-order valence-corrected chi connectivity index (χ1v) is 6.94. The second kappa shape index (κ2) is 6.78. The fourth-order valence-corrected chi connectivity index (χ4v) is 2.66. The van der Waals surface area contributed by atoms with Gasteiger partial charge in [-0.2, -0.15) is 0 Å². The van der Waals surface area contributed by atoms with Crippen LogP contribution in [0.3, 0.4) is 0 Å². The molecular formula is C15H24N2O2. The zero-order valence-corrected chi connectivity index (χ0v) is 12.1. The second-order valence-electron chi connectivity index (χ2n) is 4.90. The van der Waals surface area contributed by atoms with Gasteiger partial charge in [-0.15, -0.1) is 0 Å². The molecule has 4 heteroatoms. The molecule has 0 saturated carbocycles. The molecule has 0 radical (unpaired) electrons. The van der Waals surface area contributed by atoms with E-state index in [1.807, 2.05) is 6.07 Å². The monoisotopic (exact) mass is 264 g/mol. The van der Waals surface area contributed by atoms with Crippen LogP contribution in [0.1, 0.15) is 18.9 Å². The average molecular weight is 264 g/mol. The fraction of sp³-hybridized carbons (Fsp3) is 0.600. The first kappa shape index (κ1) is 14.2. The van der Waals surface area contributed by atoms with Crippen molar-refractivity contribution in [2.45, 2.75) is 25.9 Å². The van der Waals surface area contributed by atoms with Crippen LogP contribution in [0, 0.1) is 0 Å². The average Bonchev–Trinajstić information content (AvgIpc) is 2.98. The molecule has 1 aliphatic rings. The fourth-order valence-electron chi connectivity index (χ4n) is 2.66. The molecule has 1 fully saturated rings. The van der Waals surface area contributed by atoms with Gasteiger partial charge in [-0.25, -0.2) is 0 Å². The van der Waals surface area contributed by atoms with Gasteiger partial charge in [0.05, 0.1) is 14.2 Å². The zero-order chi connectivity index (χ0) is 13.7. The molecule has 0 spiro atoms. The number of benzene rings is 1. The van der Waals surface area contributed by atoms with Crippen molar-refractivity contribution >= 4 is 0 Å². The van der Waals surface area contributed by atoms with Crippen LogP contribution in [0.2, 0.25) is 0 Å². The summed E-state index contributed by atoms with van der Waals surface area (Å²) < 4.78 is 10.6. The van der Waals surface area contributed by atoms with Crippen molar-refractivity contribution in [1.29, 1.82) is 0 Å². The first-order chi connectivity index (χ1) is 9.28. The number of ether oxygens (including phenoxy) is 2. The van der Waals surface area contributed by atoms with E-state index in [4.69, 9.17) is 9.47 Å². The summed E-state index contributed by atoms with van der Waals surface area (Å²) in [5.74, 6) is 1.59. The van der Waals surface area contributed by atoms with Crippen LogP contribution in [-0.2, 0) is 6.54 Å². The molecule has 0 amide bonds. The van der Waals surface area contributed by atoms with E-state index in [9.17, 15) is 0 Å². The van der Waals surface area contributed by atoms with E-state index in [0.717, 1.165) is 37.7 Å². The van der Waals surface area contributed by atoms with Gasteiger partial charge in [0.25, 0.3) is 0 Å². The maximum absolute atomic E-state index is 5.36. The molecule has 0 bridgehead atoms. The van der Waals surface area contributed by atoms with E-state index in [1.54, 1.807) is 14.2 Å². The SMILES string of the molecule is CCN(Cc1ccc(OC)c(OC)c1)C1CCNC1. The van der Waals surface area contributed by atoms with Crippen LogP contribution in [0.15, 0.2) is 18.2 Å². The lowest BCUT2D eigenvalue weighted by molar-refractivity contribution is 0.210. The Balaban J connectivity index is 2.08. The number of hydrogen-bond donors (Lipinski definition) is 1. The zero-order valence-electron chi connectivity index (χ0n) is 12.1. The minimum absolute atomic E-state index is 0.651. The molecular weight excluding hydrogens is 240 g/mol. The first-order valence-electron chi connectivity index (χ1n) is 6.94. The lowest BCUT2D eigenvalue weighted by Gasteiger charge is -2.27. The summed E-state index contributed by atoms with van der Waals surface area (Å²) in [6, 6.07) is 6.82. The lowest BCUT2D eigenvalue weighted by atomic mass is 10.1. The van der Waals surface area contributed by atoms with Gasteiger partial charge in [0.15, 0.2) is 11.5 Å². The molecule has 1 aliphatic heterocycles. The highest BCUT2D eigenvalue weighted by atomic mass is 16.5. The highest BCUT2D eigenvalue weighted by Crippen LogP contribution is 2.28. The summed E-state index contributed by atoms with van der Waals surface area (Å²) in [4.78, 5) is 2.52. The van der Waals surface area contributed by atoms with Crippen molar-refractivity contribution in [3.05, 3.63) is 23.8 Å². The summed E-state index contributed by atoms with van der Waals surface area (Å²) in [5, 5.41) is 3.43. The number of rotatable bonds is 6.